The molecule has 2 aromatic rings. The molecule has 2 fully saturated rings. The third-order valence-electron chi connectivity index (χ3n) is 7.72. The largest absolute Gasteiger partial charge is 0.289 e. The van der Waals surface area contributed by atoms with E-state index < -0.39 is 31.6 Å². The summed E-state index contributed by atoms with van der Waals surface area (Å²) in [6.45, 7) is 5.81. The van der Waals surface area contributed by atoms with Gasteiger partial charge < -0.3 is 0 Å². The van der Waals surface area contributed by atoms with Gasteiger partial charge in [-0.2, -0.15) is 8.61 Å². The van der Waals surface area contributed by atoms with E-state index in [0.29, 0.717) is 38.0 Å². The number of rotatable bonds is 4. The minimum atomic E-state index is -3.82. The number of piperidine rings is 2. The fraction of sp³-hybridized carbons (Fsp3) is 0.462. The van der Waals surface area contributed by atoms with Crippen molar-refractivity contribution in [3.8, 4) is 0 Å². The average molecular weight is 531 g/mol. The maximum absolute atomic E-state index is 13.5. The van der Waals surface area contributed by atoms with Crippen LogP contribution in [-0.4, -0.2) is 63.2 Å². The number of hydrogen-bond acceptors (Lipinski definition) is 6. The van der Waals surface area contributed by atoms with E-state index in [1.54, 1.807) is 0 Å². The lowest BCUT2D eigenvalue weighted by Crippen LogP contribution is -2.38. The smallest absolute Gasteiger partial charge is 0.243 e. The lowest BCUT2D eigenvalue weighted by molar-refractivity contribution is 0.0978. The fourth-order valence-corrected chi connectivity index (χ4v) is 8.17. The molecule has 0 spiro atoms. The fourth-order valence-electron chi connectivity index (χ4n) is 5.18. The van der Waals surface area contributed by atoms with Gasteiger partial charge in [0.05, 0.1) is 9.79 Å². The van der Waals surface area contributed by atoms with Crippen LogP contribution < -0.4 is 0 Å². The zero-order valence-corrected chi connectivity index (χ0v) is 22.1. The number of ketones is 2. The lowest BCUT2D eigenvalue weighted by atomic mass is 9.84. The van der Waals surface area contributed by atoms with Crippen LogP contribution in [0.25, 0.3) is 0 Å². The van der Waals surface area contributed by atoms with Gasteiger partial charge in [0.1, 0.15) is 0 Å². The summed E-state index contributed by atoms with van der Waals surface area (Å²) in [6.07, 6.45) is 3.06. The van der Waals surface area contributed by atoms with E-state index in [2.05, 4.69) is 13.8 Å². The zero-order valence-electron chi connectivity index (χ0n) is 20.4. The molecule has 5 rings (SSSR count). The van der Waals surface area contributed by atoms with Crippen molar-refractivity contribution >= 4 is 31.6 Å². The Morgan fingerprint density at radius 3 is 1.28 bits per heavy atom. The molecule has 0 N–H and O–H groups in total. The van der Waals surface area contributed by atoms with Gasteiger partial charge in [-0.05, 0) is 73.9 Å². The Bertz CT molecular complexity index is 1340. The first-order valence-corrected chi connectivity index (χ1v) is 15.3. The van der Waals surface area contributed by atoms with Crippen LogP contribution in [0.5, 0.6) is 0 Å². The highest BCUT2D eigenvalue weighted by atomic mass is 32.2. The molecule has 0 bridgehead atoms. The van der Waals surface area contributed by atoms with Crippen molar-refractivity contribution in [1.29, 1.82) is 0 Å². The van der Waals surface area contributed by atoms with Crippen LogP contribution >= 0.6 is 0 Å². The number of fused-ring (bicyclic) bond motifs is 2. The Labute approximate surface area is 212 Å². The summed E-state index contributed by atoms with van der Waals surface area (Å²) in [4.78, 5) is 26.6. The SMILES string of the molecule is CC1CCN(S(=O)(=O)c2ccc3c(c2)C(=O)c2cc(S(=O)(=O)N4CCC(C)CC4)ccc2C3=O)CC1. The number of benzene rings is 2. The first kappa shape index (κ1) is 25.3. The quantitative estimate of drug-likeness (QED) is 0.512. The highest BCUT2D eigenvalue weighted by Crippen LogP contribution is 2.33. The van der Waals surface area contributed by atoms with Crippen LogP contribution in [0.1, 0.15) is 71.4 Å². The van der Waals surface area contributed by atoms with E-state index in [-0.39, 0.29) is 32.0 Å². The number of carbonyl (C=O) groups excluding carboxylic acids is 2. The van der Waals surface area contributed by atoms with Gasteiger partial charge in [0, 0.05) is 48.4 Å². The number of hydrogen-bond donors (Lipinski definition) is 0. The summed E-state index contributed by atoms with van der Waals surface area (Å²) in [7, 11) is -7.64. The molecule has 0 atom stereocenters. The van der Waals surface area contributed by atoms with Gasteiger partial charge in [0.2, 0.25) is 20.0 Å². The van der Waals surface area contributed by atoms with Crippen LogP contribution in [-0.2, 0) is 20.0 Å². The topological polar surface area (TPSA) is 109 Å². The third-order valence-corrected chi connectivity index (χ3v) is 11.5. The van der Waals surface area contributed by atoms with Gasteiger partial charge in [-0.3, -0.25) is 9.59 Å². The third kappa shape index (κ3) is 4.23. The first-order valence-electron chi connectivity index (χ1n) is 12.4. The van der Waals surface area contributed by atoms with Crippen LogP contribution in [0.15, 0.2) is 46.2 Å². The molecular weight excluding hydrogens is 500 g/mol. The standard InChI is InChI=1S/C26H30N2O6S2/c1-17-7-11-27(12-8-17)35(31,32)19-3-5-21-23(15-19)26(30)24-16-20(4-6-22(24)25(21)29)36(33,34)28-13-9-18(2)10-14-28/h3-6,15-18H,7-14H2,1-2H3. The molecule has 0 saturated carbocycles. The lowest BCUT2D eigenvalue weighted by Gasteiger charge is -2.30. The van der Waals surface area contributed by atoms with E-state index in [4.69, 9.17) is 0 Å². The molecule has 192 valence electrons. The average Bonchev–Trinajstić information content (AvgIpc) is 2.87. The molecule has 3 aliphatic rings. The Kier molecular flexibility index (Phi) is 6.43. The molecule has 36 heavy (non-hydrogen) atoms. The molecule has 8 nitrogen and oxygen atoms in total. The van der Waals surface area contributed by atoms with Crippen molar-refractivity contribution in [2.75, 3.05) is 26.2 Å². The predicted molar refractivity (Wildman–Crippen MR) is 134 cm³/mol. The van der Waals surface area contributed by atoms with Gasteiger partial charge in [-0.15, -0.1) is 0 Å². The molecule has 1 aliphatic carbocycles. The molecule has 2 saturated heterocycles. The summed E-state index contributed by atoms with van der Waals surface area (Å²) < 4.78 is 55.8. The second-order valence-corrected chi connectivity index (χ2v) is 14.1. The summed E-state index contributed by atoms with van der Waals surface area (Å²) in [5, 5.41) is 0. The van der Waals surface area contributed by atoms with Crippen molar-refractivity contribution in [2.24, 2.45) is 11.8 Å². The van der Waals surface area contributed by atoms with Crippen molar-refractivity contribution in [3.05, 3.63) is 58.7 Å². The molecule has 0 radical (unpaired) electrons. The number of carbonyl (C=O) groups is 2. The Morgan fingerprint density at radius 1 is 0.583 bits per heavy atom. The van der Waals surface area contributed by atoms with Gasteiger partial charge in [0.15, 0.2) is 11.6 Å². The Morgan fingerprint density at radius 2 is 0.917 bits per heavy atom. The molecule has 2 aliphatic heterocycles. The minimum absolute atomic E-state index is 0.0136. The van der Waals surface area contributed by atoms with Crippen LogP contribution in [0, 0.1) is 11.8 Å². The summed E-state index contributed by atoms with van der Waals surface area (Å²) in [5.74, 6) is -0.0664. The van der Waals surface area contributed by atoms with E-state index in [9.17, 15) is 26.4 Å². The van der Waals surface area contributed by atoms with Gasteiger partial charge in [0.25, 0.3) is 0 Å². The highest BCUT2D eigenvalue weighted by Gasteiger charge is 2.35. The molecule has 0 aromatic heterocycles. The summed E-state index contributed by atoms with van der Waals surface area (Å²) in [6, 6.07) is 8.05. The highest BCUT2D eigenvalue weighted by molar-refractivity contribution is 7.89. The van der Waals surface area contributed by atoms with E-state index in [0.717, 1.165) is 25.7 Å². The molecule has 2 aromatic carbocycles. The van der Waals surface area contributed by atoms with Gasteiger partial charge >= 0.3 is 0 Å². The molecule has 0 unspecified atom stereocenters. The van der Waals surface area contributed by atoms with Crippen molar-refractivity contribution < 1.29 is 26.4 Å². The Balaban J connectivity index is 1.50. The maximum Gasteiger partial charge on any atom is 0.243 e. The second kappa shape index (κ2) is 9.16. The van der Waals surface area contributed by atoms with E-state index in [1.807, 2.05) is 0 Å². The van der Waals surface area contributed by atoms with Crippen LogP contribution in [0.4, 0.5) is 0 Å². The molecule has 10 heteroatoms. The molecular formula is C26H30N2O6S2. The van der Waals surface area contributed by atoms with E-state index in [1.165, 1.54) is 45.0 Å². The van der Waals surface area contributed by atoms with Crippen LogP contribution in [0.2, 0.25) is 0 Å². The number of sulfonamides is 2. The van der Waals surface area contributed by atoms with Gasteiger partial charge in [-0.25, -0.2) is 16.8 Å². The normalized spacial score (nSPS) is 20.8. The Hall–Kier alpha value is -2.40. The zero-order chi connectivity index (χ0) is 25.8. The minimum Gasteiger partial charge on any atom is -0.289 e. The predicted octanol–water partition coefficient (Wildman–Crippen LogP) is 3.30. The maximum atomic E-state index is 13.5. The van der Waals surface area contributed by atoms with Crippen molar-refractivity contribution in [3.63, 3.8) is 0 Å². The summed E-state index contributed by atoms with van der Waals surface area (Å²) in [5.41, 5.74) is 0.222. The van der Waals surface area contributed by atoms with Crippen LogP contribution in [0.3, 0.4) is 0 Å². The van der Waals surface area contributed by atoms with Gasteiger partial charge in [-0.1, -0.05) is 13.8 Å². The second-order valence-electron chi connectivity index (χ2n) is 10.2. The molecule has 2 heterocycles. The van der Waals surface area contributed by atoms with E-state index >= 15 is 0 Å². The van der Waals surface area contributed by atoms with Crippen molar-refractivity contribution in [1.82, 2.24) is 8.61 Å². The summed E-state index contributed by atoms with van der Waals surface area (Å²) >= 11 is 0. The molecule has 0 amide bonds. The monoisotopic (exact) mass is 530 g/mol. The number of nitrogens with zero attached hydrogens (tertiary/aromatic N) is 2. The first-order chi connectivity index (χ1) is 17.0. The van der Waals surface area contributed by atoms with Crippen molar-refractivity contribution in [2.45, 2.75) is 49.3 Å².